The van der Waals surface area contributed by atoms with Crippen molar-refractivity contribution in [3.05, 3.63) is 41.3 Å². The van der Waals surface area contributed by atoms with Gasteiger partial charge in [0.15, 0.2) is 6.61 Å². The van der Waals surface area contributed by atoms with Crippen LogP contribution >= 0.6 is 0 Å². The smallest absolute Gasteiger partial charge is 0.341 e. The molecule has 2 aromatic rings. The van der Waals surface area contributed by atoms with E-state index in [1.54, 1.807) is 31.2 Å². The molecule has 0 atom stereocenters. The Morgan fingerprint density at radius 1 is 1.28 bits per heavy atom. The minimum Gasteiger partial charge on any atom is -0.482 e. The molecule has 7 heteroatoms. The van der Waals surface area contributed by atoms with E-state index < -0.39 is 12.6 Å². The molecule has 2 N–H and O–H groups in total. The van der Waals surface area contributed by atoms with Crippen LogP contribution in [0.5, 0.6) is 5.75 Å². The van der Waals surface area contributed by atoms with Crippen LogP contribution in [0.1, 0.15) is 54.4 Å². The lowest BCUT2D eigenvalue weighted by Crippen LogP contribution is -2.12. The number of amides is 1. The van der Waals surface area contributed by atoms with Crippen LogP contribution in [0.15, 0.2) is 28.8 Å². The van der Waals surface area contributed by atoms with Crippen molar-refractivity contribution in [3.8, 4) is 5.75 Å². The molecule has 1 amide bonds. The summed E-state index contributed by atoms with van der Waals surface area (Å²) in [6.07, 6.45) is 1.86. The van der Waals surface area contributed by atoms with Crippen molar-refractivity contribution in [2.24, 2.45) is 0 Å². The molecular weight excluding hydrogens is 324 g/mol. The Bertz CT molecular complexity index is 750. The molecular formula is C18H22N2O5. The van der Waals surface area contributed by atoms with Gasteiger partial charge in [-0.15, -0.1) is 0 Å². The largest absolute Gasteiger partial charge is 0.482 e. The Kier molecular flexibility index (Phi) is 6.16. The molecule has 2 rings (SSSR count). The number of benzene rings is 1. The van der Waals surface area contributed by atoms with Gasteiger partial charge in [-0.05, 0) is 43.5 Å². The molecule has 0 saturated carbocycles. The summed E-state index contributed by atoms with van der Waals surface area (Å²) >= 11 is 0. The summed E-state index contributed by atoms with van der Waals surface area (Å²) in [5.41, 5.74) is 2.12. The van der Waals surface area contributed by atoms with Crippen LogP contribution in [0, 0.1) is 6.92 Å². The van der Waals surface area contributed by atoms with E-state index in [1.165, 1.54) is 0 Å². The minimum absolute atomic E-state index is 0.160. The molecule has 0 aliphatic heterocycles. The lowest BCUT2D eigenvalue weighted by atomic mass is 9.99. The number of aromatic nitrogens is 1. The van der Waals surface area contributed by atoms with E-state index in [0.29, 0.717) is 11.4 Å². The van der Waals surface area contributed by atoms with E-state index in [-0.39, 0.29) is 17.6 Å². The van der Waals surface area contributed by atoms with Gasteiger partial charge in [-0.1, -0.05) is 19.0 Å². The standard InChI is InChI=1S/C18H22N2O5/c1-4-12(5-2)15-9-16(25-20-15)18(23)19-14-7-6-13(8-11(14)3)24-10-17(21)22/h6-9,12H,4-5,10H2,1-3H3,(H,19,23)(H,21,22). The number of ether oxygens (including phenoxy) is 1. The fraction of sp³-hybridized carbons (Fsp3) is 0.389. The van der Waals surface area contributed by atoms with Crippen molar-refractivity contribution in [1.29, 1.82) is 0 Å². The summed E-state index contributed by atoms with van der Waals surface area (Å²) in [5, 5.41) is 15.4. The predicted octanol–water partition coefficient (Wildman–Crippen LogP) is 3.60. The van der Waals surface area contributed by atoms with Crippen LogP contribution in [0.3, 0.4) is 0 Å². The number of hydrogen-bond donors (Lipinski definition) is 2. The van der Waals surface area contributed by atoms with Gasteiger partial charge in [-0.3, -0.25) is 4.79 Å². The highest BCUT2D eigenvalue weighted by molar-refractivity contribution is 6.02. The molecule has 1 aromatic carbocycles. The van der Waals surface area contributed by atoms with E-state index in [2.05, 4.69) is 24.3 Å². The van der Waals surface area contributed by atoms with Crippen LogP contribution in [-0.4, -0.2) is 28.7 Å². The Balaban J connectivity index is 2.06. The third kappa shape index (κ3) is 4.82. The summed E-state index contributed by atoms with van der Waals surface area (Å²) in [7, 11) is 0. The first-order chi connectivity index (χ1) is 11.9. The van der Waals surface area contributed by atoms with Crippen LogP contribution in [-0.2, 0) is 4.79 Å². The second kappa shape index (κ2) is 8.32. The maximum absolute atomic E-state index is 12.3. The van der Waals surface area contributed by atoms with Crippen molar-refractivity contribution in [2.75, 3.05) is 11.9 Å². The van der Waals surface area contributed by atoms with Gasteiger partial charge in [0.2, 0.25) is 5.76 Å². The number of aryl methyl sites for hydroxylation is 1. The van der Waals surface area contributed by atoms with Gasteiger partial charge in [-0.2, -0.15) is 0 Å². The van der Waals surface area contributed by atoms with Crippen LogP contribution < -0.4 is 10.1 Å². The molecule has 0 fully saturated rings. The van der Waals surface area contributed by atoms with Crippen molar-refractivity contribution >= 4 is 17.6 Å². The zero-order valence-electron chi connectivity index (χ0n) is 14.5. The molecule has 25 heavy (non-hydrogen) atoms. The summed E-state index contributed by atoms with van der Waals surface area (Å²) in [5.74, 6) is -0.570. The van der Waals surface area contributed by atoms with E-state index in [1.807, 2.05) is 0 Å². The summed E-state index contributed by atoms with van der Waals surface area (Å²) < 4.78 is 10.3. The van der Waals surface area contributed by atoms with Crippen molar-refractivity contribution in [1.82, 2.24) is 5.16 Å². The normalized spacial score (nSPS) is 10.7. The lowest BCUT2D eigenvalue weighted by molar-refractivity contribution is -0.139. The molecule has 0 bridgehead atoms. The first-order valence-electron chi connectivity index (χ1n) is 8.17. The third-order valence-corrected chi connectivity index (χ3v) is 3.96. The summed E-state index contributed by atoms with van der Waals surface area (Å²) in [6, 6.07) is 6.59. The number of nitrogens with zero attached hydrogens (tertiary/aromatic N) is 1. The molecule has 0 saturated heterocycles. The van der Waals surface area contributed by atoms with Gasteiger partial charge in [-0.25, -0.2) is 4.79 Å². The molecule has 1 aromatic heterocycles. The maximum atomic E-state index is 12.3. The van der Waals surface area contributed by atoms with Crippen LogP contribution in [0.25, 0.3) is 0 Å². The van der Waals surface area contributed by atoms with Gasteiger partial charge in [0.1, 0.15) is 5.75 Å². The second-order valence-electron chi connectivity index (χ2n) is 5.74. The SMILES string of the molecule is CCC(CC)c1cc(C(=O)Nc2ccc(OCC(=O)O)cc2C)on1. The van der Waals surface area contributed by atoms with Crippen LogP contribution in [0.4, 0.5) is 5.69 Å². The first-order valence-corrected chi connectivity index (χ1v) is 8.17. The molecule has 0 radical (unpaired) electrons. The molecule has 134 valence electrons. The zero-order chi connectivity index (χ0) is 18.4. The monoisotopic (exact) mass is 346 g/mol. The summed E-state index contributed by atoms with van der Waals surface area (Å²) in [6.45, 7) is 5.52. The van der Waals surface area contributed by atoms with Crippen molar-refractivity contribution < 1.29 is 24.0 Å². The Morgan fingerprint density at radius 3 is 2.60 bits per heavy atom. The quantitative estimate of drug-likeness (QED) is 0.757. The van der Waals surface area contributed by atoms with Gasteiger partial charge in [0.25, 0.3) is 5.91 Å². The third-order valence-electron chi connectivity index (χ3n) is 3.96. The number of hydrogen-bond acceptors (Lipinski definition) is 5. The number of aliphatic carboxylic acids is 1. The average molecular weight is 346 g/mol. The summed E-state index contributed by atoms with van der Waals surface area (Å²) in [4.78, 5) is 22.8. The van der Waals surface area contributed by atoms with Gasteiger partial charge in [0, 0.05) is 17.7 Å². The van der Waals surface area contributed by atoms with E-state index in [4.69, 9.17) is 14.4 Å². The molecule has 0 aliphatic rings. The molecule has 1 heterocycles. The van der Waals surface area contributed by atoms with E-state index in [9.17, 15) is 9.59 Å². The molecule has 7 nitrogen and oxygen atoms in total. The number of carbonyl (C=O) groups excluding carboxylic acids is 1. The molecule has 0 aliphatic carbocycles. The average Bonchev–Trinajstić information content (AvgIpc) is 3.06. The number of carboxylic acids is 1. The number of carboxylic acid groups (broad SMARTS) is 1. The number of carbonyl (C=O) groups is 2. The highest BCUT2D eigenvalue weighted by Crippen LogP contribution is 2.24. The number of nitrogens with one attached hydrogen (secondary N) is 1. The fourth-order valence-electron chi connectivity index (χ4n) is 2.49. The molecule has 0 unspecified atom stereocenters. The van der Waals surface area contributed by atoms with Crippen molar-refractivity contribution in [2.45, 2.75) is 39.5 Å². The highest BCUT2D eigenvalue weighted by atomic mass is 16.5. The number of anilines is 1. The fourth-order valence-corrected chi connectivity index (χ4v) is 2.49. The highest BCUT2D eigenvalue weighted by Gasteiger charge is 2.18. The van der Waals surface area contributed by atoms with Gasteiger partial charge < -0.3 is 19.7 Å². The van der Waals surface area contributed by atoms with Gasteiger partial charge in [0.05, 0.1) is 5.69 Å². The Labute approximate surface area is 146 Å². The zero-order valence-corrected chi connectivity index (χ0v) is 14.5. The Morgan fingerprint density at radius 2 is 2.00 bits per heavy atom. The minimum atomic E-state index is -1.05. The maximum Gasteiger partial charge on any atom is 0.341 e. The lowest BCUT2D eigenvalue weighted by Gasteiger charge is -2.09. The predicted molar refractivity (Wildman–Crippen MR) is 92.1 cm³/mol. The van der Waals surface area contributed by atoms with Gasteiger partial charge >= 0.3 is 5.97 Å². The van der Waals surface area contributed by atoms with Crippen LogP contribution in [0.2, 0.25) is 0 Å². The van der Waals surface area contributed by atoms with Crippen molar-refractivity contribution in [3.63, 3.8) is 0 Å². The Hall–Kier alpha value is -2.83. The second-order valence-corrected chi connectivity index (χ2v) is 5.74. The number of rotatable bonds is 8. The van der Waals surface area contributed by atoms with E-state index in [0.717, 1.165) is 24.1 Å². The molecule has 0 spiro atoms. The van der Waals surface area contributed by atoms with E-state index >= 15 is 0 Å². The first kappa shape index (κ1) is 18.5. The topological polar surface area (TPSA) is 102 Å².